The molecule has 0 bridgehead atoms. The summed E-state index contributed by atoms with van der Waals surface area (Å²) in [4.78, 5) is 26.8. The van der Waals surface area contributed by atoms with E-state index in [9.17, 15) is 9.59 Å². The summed E-state index contributed by atoms with van der Waals surface area (Å²) in [7, 11) is 0. The van der Waals surface area contributed by atoms with E-state index >= 15 is 0 Å². The molecule has 6 heteroatoms. The zero-order valence-corrected chi connectivity index (χ0v) is 12.8. The van der Waals surface area contributed by atoms with Crippen LogP contribution in [0.15, 0.2) is 11.4 Å². The molecule has 110 valence electrons. The topological polar surface area (TPSA) is 61.4 Å². The molecule has 0 aromatic carbocycles. The molecule has 2 N–H and O–H groups in total. The predicted molar refractivity (Wildman–Crippen MR) is 79.7 cm³/mol. The van der Waals surface area contributed by atoms with Crippen LogP contribution in [-0.4, -0.2) is 36.5 Å². The summed E-state index contributed by atoms with van der Waals surface area (Å²) in [6.45, 7) is 6.52. The minimum Gasteiger partial charge on any atom is -0.338 e. The van der Waals surface area contributed by atoms with Gasteiger partial charge < -0.3 is 5.32 Å². The summed E-state index contributed by atoms with van der Waals surface area (Å²) in [5.41, 5.74) is 1.30. The Balaban J connectivity index is 1.74. The van der Waals surface area contributed by atoms with Crippen molar-refractivity contribution in [3.8, 4) is 0 Å². The van der Waals surface area contributed by atoms with Gasteiger partial charge in [-0.3, -0.25) is 15.0 Å². The van der Waals surface area contributed by atoms with Gasteiger partial charge in [0.1, 0.15) is 0 Å². The molecular weight excluding hydrogens is 274 g/mol. The lowest BCUT2D eigenvalue weighted by Crippen LogP contribution is -2.46. The number of hydrogen-bond acceptors (Lipinski definition) is 4. The van der Waals surface area contributed by atoms with E-state index in [2.05, 4.69) is 27.0 Å². The predicted octanol–water partition coefficient (Wildman–Crippen LogP) is 1.59. The molecule has 0 saturated heterocycles. The molecule has 0 aliphatic carbocycles. The van der Waals surface area contributed by atoms with Crippen LogP contribution in [-0.2, 0) is 17.8 Å². The molecule has 3 amide bonds. The quantitative estimate of drug-likeness (QED) is 0.887. The average Bonchev–Trinajstić information content (AvgIpc) is 2.83. The van der Waals surface area contributed by atoms with Gasteiger partial charge in [-0.2, -0.15) is 0 Å². The van der Waals surface area contributed by atoms with Gasteiger partial charge in [0, 0.05) is 24.5 Å². The normalized spacial score (nSPS) is 14.9. The number of imide groups is 1. The number of amides is 3. The maximum Gasteiger partial charge on any atom is 0.321 e. The molecule has 1 aromatic rings. The van der Waals surface area contributed by atoms with Crippen LogP contribution in [0.1, 0.15) is 24.3 Å². The number of fused-ring (bicyclic) bond motifs is 1. The maximum atomic E-state index is 11.8. The van der Waals surface area contributed by atoms with Crippen LogP contribution in [0, 0.1) is 5.92 Å². The lowest BCUT2D eigenvalue weighted by atomic mass is 10.1. The summed E-state index contributed by atoms with van der Waals surface area (Å²) in [6.07, 6.45) is 0.986. The number of nitrogens with one attached hydrogen (secondary N) is 2. The van der Waals surface area contributed by atoms with E-state index in [-0.39, 0.29) is 12.5 Å². The van der Waals surface area contributed by atoms with Gasteiger partial charge in [-0.05, 0) is 29.3 Å². The summed E-state index contributed by atoms with van der Waals surface area (Å²) >= 11 is 1.77. The second-order valence-corrected chi connectivity index (χ2v) is 6.48. The SMILES string of the molecule is CC(C)CNC(=O)NC(=O)CN1CCc2sccc2C1. The molecule has 0 spiro atoms. The maximum absolute atomic E-state index is 11.8. The van der Waals surface area contributed by atoms with Gasteiger partial charge in [0.05, 0.1) is 6.54 Å². The van der Waals surface area contributed by atoms with E-state index in [0.717, 1.165) is 19.5 Å². The van der Waals surface area contributed by atoms with Crippen molar-refractivity contribution in [2.45, 2.75) is 26.8 Å². The zero-order chi connectivity index (χ0) is 14.5. The Labute approximate surface area is 123 Å². The van der Waals surface area contributed by atoms with Gasteiger partial charge in [0.15, 0.2) is 0 Å². The number of nitrogens with zero attached hydrogens (tertiary/aromatic N) is 1. The molecule has 0 radical (unpaired) electrons. The van der Waals surface area contributed by atoms with E-state index in [1.54, 1.807) is 11.3 Å². The van der Waals surface area contributed by atoms with Crippen molar-refractivity contribution in [2.24, 2.45) is 5.92 Å². The molecule has 0 fully saturated rings. The Morgan fingerprint density at radius 3 is 3.00 bits per heavy atom. The van der Waals surface area contributed by atoms with E-state index in [4.69, 9.17) is 0 Å². The number of rotatable bonds is 4. The first kappa shape index (κ1) is 15.0. The van der Waals surface area contributed by atoms with Crippen molar-refractivity contribution in [3.63, 3.8) is 0 Å². The Hall–Kier alpha value is -1.40. The summed E-state index contributed by atoms with van der Waals surface area (Å²) in [5.74, 6) is 0.125. The van der Waals surface area contributed by atoms with Crippen molar-refractivity contribution in [3.05, 3.63) is 21.9 Å². The second kappa shape index (κ2) is 6.85. The molecule has 0 unspecified atom stereocenters. The lowest BCUT2D eigenvalue weighted by Gasteiger charge is -2.25. The fourth-order valence-corrected chi connectivity index (χ4v) is 3.04. The standard InChI is InChI=1S/C14H21N3O2S/c1-10(2)7-15-14(19)16-13(18)9-17-5-3-12-11(8-17)4-6-20-12/h4,6,10H,3,5,7-9H2,1-2H3,(H2,15,16,18,19). The summed E-state index contributed by atoms with van der Waals surface area (Å²) < 4.78 is 0. The molecule has 0 atom stereocenters. The minimum atomic E-state index is -0.406. The molecule has 1 aliphatic rings. The number of hydrogen-bond donors (Lipinski definition) is 2. The fraction of sp³-hybridized carbons (Fsp3) is 0.571. The summed E-state index contributed by atoms with van der Waals surface area (Å²) in [6, 6.07) is 1.70. The molecule has 2 rings (SSSR count). The van der Waals surface area contributed by atoms with Crippen molar-refractivity contribution in [2.75, 3.05) is 19.6 Å². The molecular formula is C14H21N3O2S. The monoisotopic (exact) mass is 295 g/mol. The first-order valence-electron chi connectivity index (χ1n) is 6.90. The first-order valence-corrected chi connectivity index (χ1v) is 7.78. The van der Waals surface area contributed by atoms with Crippen molar-refractivity contribution < 1.29 is 9.59 Å². The van der Waals surface area contributed by atoms with Gasteiger partial charge in [-0.1, -0.05) is 13.8 Å². The number of thiophene rings is 1. The third-order valence-electron chi connectivity index (χ3n) is 3.18. The first-order chi connectivity index (χ1) is 9.54. The third kappa shape index (κ3) is 4.31. The molecule has 0 saturated carbocycles. The average molecular weight is 295 g/mol. The number of carbonyl (C=O) groups is 2. The third-order valence-corrected chi connectivity index (χ3v) is 4.20. The molecule has 20 heavy (non-hydrogen) atoms. The van der Waals surface area contributed by atoms with Crippen LogP contribution in [0.2, 0.25) is 0 Å². The van der Waals surface area contributed by atoms with E-state index < -0.39 is 6.03 Å². The molecule has 5 nitrogen and oxygen atoms in total. The smallest absolute Gasteiger partial charge is 0.321 e. The van der Waals surface area contributed by atoms with Crippen molar-refractivity contribution in [1.29, 1.82) is 0 Å². The second-order valence-electron chi connectivity index (χ2n) is 5.48. The van der Waals surface area contributed by atoms with E-state index in [1.165, 1.54) is 10.4 Å². The Morgan fingerprint density at radius 2 is 2.25 bits per heavy atom. The van der Waals surface area contributed by atoms with Crippen molar-refractivity contribution >= 4 is 23.3 Å². The van der Waals surface area contributed by atoms with Gasteiger partial charge in [0.25, 0.3) is 0 Å². The van der Waals surface area contributed by atoms with Crippen LogP contribution >= 0.6 is 11.3 Å². The fourth-order valence-electron chi connectivity index (χ4n) is 2.15. The minimum absolute atomic E-state index is 0.245. The number of urea groups is 1. The van der Waals surface area contributed by atoms with Gasteiger partial charge in [-0.25, -0.2) is 4.79 Å². The van der Waals surface area contributed by atoms with Gasteiger partial charge in [0.2, 0.25) is 5.91 Å². The van der Waals surface area contributed by atoms with Crippen molar-refractivity contribution in [1.82, 2.24) is 15.5 Å². The Morgan fingerprint density at radius 1 is 1.45 bits per heavy atom. The van der Waals surface area contributed by atoms with Crippen LogP contribution in [0.25, 0.3) is 0 Å². The largest absolute Gasteiger partial charge is 0.338 e. The lowest BCUT2D eigenvalue weighted by molar-refractivity contribution is -0.121. The van der Waals surface area contributed by atoms with E-state index in [1.807, 2.05) is 13.8 Å². The number of carbonyl (C=O) groups excluding carboxylic acids is 2. The highest BCUT2D eigenvalue weighted by molar-refractivity contribution is 7.10. The van der Waals surface area contributed by atoms with Gasteiger partial charge >= 0.3 is 6.03 Å². The highest BCUT2D eigenvalue weighted by Crippen LogP contribution is 2.23. The Kier molecular flexibility index (Phi) is 5.14. The summed E-state index contributed by atoms with van der Waals surface area (Å²) in [5, 5.41) is 7.14. The van der Waals surface area contributed by atoms with E-state index in [0.29, 0.717) is 12.5 Å². The molecule has 1 aromatic heterocycles. The van der Waals surface area contributed by atoms with Crippen LogP contribution in [0.5, 0.6) is 0 Å². The van der Waals surface area contributed by atoms with Crippen LogP contribution < -0.4 is 10.6 Å². The zero-order valence-electron chi connectivity index (χ0n) is 11.9. The Bertz CT molecular complexity index is 485. The van der Waals surface area contributed by atoms with Gasteiger partial charge in [-0.15, -0.1) is 11.3 Å². The highest BCUT2D eigenvalue weighted by Gasteiger charge is 2.19. The molecule has 1 aliphatic heterocycles. The molecule has 2 heterocycles. The van der Waals surface area contributed by atoms with Crippen LogP contribution in [0.3, 0.4) is 0 Å². The van der Waals surface area contributed by atoms with Crippen LogP contribution in [0.4, 0.5) is 4.79 Å². The highest BCUT2D eigenvalue weighted by atomic mass is 32.1.